The predicted octanol–water partition coefficient (Wildman–Crippen LogP) is 4.22. The van der Waals surface area contributed by atoms with E-state index in [2.05, 4.69) is 51.8 Å². The van der Waals surface area contributed by atoms with Gasteiger partial charge in [-0.3, -0.25) is 0 Å². The van der Waals surface area contributed by atoms with Crippen molar-refractivity contribution in [3.63, 3.8) is 0 Å². The van der Waals surface area contributed by atoms with E-state index >= 15 is 0 Å². The van der Waals surface area contributed by atoms with E-state index in [-0.39, 0.29) is 17.0 Å². The van der Waals surface area contributed by atoms with Gasteiger partial charge in [0.2, 0.25) is 4.60 Å². The first-order chi connectivity index (χ1) is 11.3. The fourth-order valence-electron chi connectivity index (χ4n) is 3.11. The number of pyridine rings is 1. The molecule has 1 aromatic heterocycles. The van der Waals surface area contributed by atoms with Crippen LogP contribution in [-0.2, 0) is 6.54 Å². The third kappa shape index (κ3) is 13.4. The number of nitrogens with zero attached hydrogens (tertiary/aromatic N) is 1. The van der Waals surface area contributed by atoms with Gasteiger partial charge in [-0.05, 0) is 12.5 Å². The van der Waals surface area contributed by atoms with E-state index in [1.54, 1.807) is 0 Å². The van der Waals surface area contributed by atoms with Crippen LogP contribution in [0.2, 0.25) is 0 Å². The summed E-state index contributed by atoms with van der Waals surface area (Å²) in [5.74, 6) is 0. The van der Waals surface area contributed by atoms with Crippen molar-refractivity contribution in [3.05, 3.63) is 29.0 Å². The fourth-order valence-corrected chi connectivity index (χ4v) is 3.56. The summed E-state index contributed by atoms with van der Waals surface area (Å²) in [7, 11) is 0. The third-order valence-electron chi connectivity index (χ3n) is 4.64. The average molecular weight is 463 g/mol. The Kier molecular flexibility index (Phi) is 18.0. The zero-order valence-electron chi connectivity index (χ0n) is 15.6. The molecule has 0 aliphatic heterocycles. The Morgan fingerprint density at radius 3 is 1.62 bits per heavy atom. The highest BCUT2D eigenvalue weighted by atomic mass is 79.9. The first kappa shape index (κ1) is 24.1. The highest BCUT2D eigenvalue weighted by Gasteiger charge is 2.04. The topological polar surface area (TPSA) is 3.88 Å². The minimum Gasteiger partial charge on any atom is -1.00 e. The van der Waals surface area contributed by atoms with E-state index in [1.807, 2.05) is 0 Å². The number of aryl methyl sites for hydroxylation is 1. The van der Waals surface area contributed by atoms with Gasteiger partial charge >= 0.3 is 0 Å². The summed E-state index contributed by atoms with van der Waals surface area (Å²) in [4.78, 5) is 0. The zero-order valence-corrected chi connectivity index (χ0v) is 18.8. The molecule has 0 atom stereocenters. The van der Waals surface area contributed by atoms with Crippen molar-refractivity contribution in [3.8, 4) is 0 Å². The van der Waals surface area contributed by atoms with E-state index in [9.17, 15) is 0 Å². The summed E-state index contributed by atoms with van der Waals surface area (Å²) < 4.78 is 3.48. The summed E-state index contributed by atoms with van der Waals surface area (Å²) in [6.45, 7) is 3.43. The molecule has 1 heterocycles. The zero-order chi connectivity index (χ0) is 16.6. The van der Waals surface area contributed by atoms with E-state index in [1.165, 1.54) is 94.5 Å². The molecule has 0 aromatic carbocycles. The number of unbranched alkanes of at least 4 members (excludes halogenated alkanes) is 13. The van der Waals surface area contributed by atoms with E-state index in [0.717, 1.165) is 6.54 Å². The van der Waals surface area contributed by atoms with Gasteiger partial charge in [0.05, 0.1) is 0 Å². The van der Waals surface area contributed by atoms with Gasteiger partial charge in [0.1, 0.15) is 6.54 Å². The first-order valence-corrected chi connectivity index (χ1v) is 10.8. The summed E-state index contributed by atoms with van der Waals surface area (Å²) >= 11 is 3.60. The molecule has 0 amide bonds. The lowest BCUT2D eigenvalue weighted by Crippen LogP contribution is -3.00. The Hall–Kier alpha value is 0.110. The van der Waals surface area contributed by atoms with Crippen LogP contribution in [-0.4, -0.2) is 0 Å². The standard InChI is InChI=1S/C21H37BrN.BrH/c1-2-3-4-5-6-7-8-9-10-11-12-13-14-16-19-23-20-17-15-18-21(23)22;/h15,17-18,20H,2-14,16,19H2,1H3;1H/q+1;/p-1. The third-order valence-corrected chi connectivity index (χ3v) is 5.36. The molecule has 0 bridgehead atoms. The van der Waals surface area contributed by atoms with Crippen molar-refractivity contribution in [1.29, 1.82) is 0 Å². The molecule has 0 fully saturated rings. The van der Waals surface area contributed by atoms with E-state index in [0.29, 0.717) is 0 Å². The second-order valence-corrected chi connectivity index (χ2v) is 7.63. The normalized spacial score (nSPS) is 10.6. The Morgan fingerprint density at radius 2 is 1.17 bits per heavy atom. The second kappa shape index (κ2) is 17.9. The van der Waals surface area contributed by atoms with Crippen LogP contribution in [0.4, 0.5) is 0 Å². The van der Waals surface area contributed by atoms with Gasteiger partial charge in [-0.25, -0.2) is 0 Å². The van der Waals surface area contributed by atoms with E-state index in [4.69, 9.17) is 0 Å². The lowest BCUT2D eigenvalue weighted by molar-refractivity contribution is -0.708. The largest absolute Gasteiger partial charge is 1.00 e. The summed E-state index contributed by atoms with van der Waals surface area (Å²) in [6, 6.07) is 6.30. The summed E-state index contributed by atoms with van der Waals surface area (Å²) in [5, 5.41) is 0. The number of rotatable bonds is 15. The van der Waals surface area contributed by atoms with E-state index < -0.39 is 0 Å². The van der Waals surface area contributed by atoms with Crippen molar-refractivity contribution < 1.29 is 21.5 Å². The molecular weight excluding hydrogens is 426 g/mol. The monoisotopic (exact) mass is 461 g/mol. The smallest absolute Gasteiger partial charge is 0.247 e. The van der Waals surface area contributed by atoms with Gasteiger partial charge in [0.15, 0.2) is 6.20 Å². The molecule has 0 unspecified atom stereocenters. The van der Waals surface area contributed by atoms with Crippen LogP contribution in [0.15, 0.2) is 29.0 Å². The van der Waals surface area contributed by atoms with Crippen molar-refractivity contribution in [2.24, 2.45) is 0 Å². The highest BCUT2D eigenvalue weighted by molar-refractivity contribution is 9.10. The van der Waals surface area contributed by atoms with Gasteiger partial charge in [-0.15, -0.1) is 0 Å². The van der Waals surface area contributed by atoms with Crippen LogP contribution in [0.3, 0.4) is 0 Å². The lowest BCUT2D eigenvalue weighted by Gasteiger charge is -2.03. The molecule has 0 aliphatic rings. The first-order valence-electron chi connectivity index (χ1n) is 9.98. The molecule has 0 N–H and O–H groups in total. The Labute approximate surface area is 169 Å². The molecule has 1 nitrogen and oxygen atoms in total. The summed E-state index contributed by atoms with van der Waals surface area (Å²) in [6.07, 6.45) is 22.1. The molecule has 140 valence electrons. The van der Waals surface area contributed by atoms with Crippen molar-refractivity contribution in [2.75, 3.05) is 0 Å². The molecule has 0 aliphatic carbocycles. The van der Waals surface area contributed by atoms with Crippen LogP contribution in [0.1, 0.15) is 96.8 Å². The van der Waals surface area contributed by atoms with Crippen molar-refractivity contribution in [1.82, 2.24) is 0 Å². The van der Waals surface area contributed by atoms with Crippen molar-refractivity contribution >= 4 is 15.9 Å². The second-order valence-electron chi connectivity index (χ2n) is 6.81. The number of aromatic nitrogens is 1. The van der Waals surface area contributed by atoms with Crippen molar-refractivity contribution in [2.45, 2.75) is 103 Å². The van der Waals surface area contributed by atoms with Gasteiger partial charge in [0.25, 0.3) is 0 Å². The number of hydrogen-bond donors (Lipinski definition) is 0. The molecular formula is C21H37Br2N. The SMILES string of the molecule is CCCCCCCCCCCCCCCC[n+]1ccccc1Br.[Br-]. The molecule has 0 saturated carbocycles. The number of halogens is 2. The maximum absolute atomic E-state index is 3.60. The molecule has 24 heavy (non-hydrogen) atoms. The molecule has 1 aromatic rings. The maximum atomic E-state index is 3.60. The lowest BCUT2D eigenvalue weighted by atomic mass is 10.0. The minimum absolute atomic E-state index is 0. The Bertz CT molecular complexity index is 382. The molecule has 3 heteroatoms. The van der Waals surface area contributed by atoms with Gasteiger partial charge in [-0.1, -0.05) is 84.0 Å². The number of hydrogen-bond acceptors (Lipinski definition) is 0. The Balaban J connectivity index is 0.00000529. The van der Waals surface area contributed by atoms with Crippen LogP contribution >= 0.6 is 15.9 Å². The van der Waals surface area contributed by atoms with Gasteiger partial charge in [-0.2, -0.15) is 4.57 Å². The fraction of sp³-hybridized carbons (Fsp3) is 0.762. The van der Waals surface area contributed by atoms with Gasteiger partial charge < -0.3 is 17.0 Å². The molecule has 1 rings (SSSR count). The van der Waals surface area contributed by atoms with Crippen LogP contribution in [0.25, 0.3) is 0 Å². The maximum Gasteiger partial charge on any atom is 0.247 e. The van der Waals surface area contributed by atoms with Crippen LogP contribution in [0, 0.1) is 0 Å². The van der Waals surface area contributed by atoms with Gasteiger partial charge in [0, 0.05) is 34.5 Å². The minimum atomic E-state index is 0. The highest BCUT2D eigenvalue weighted by Crippen LogP contribution is 2.13. The molecule has 0 spiro atoms. The average Bonchev–Trinajstić information content (AvgIpc) is 2.57. The summed E-state index contributed by atoms with van der Waals surface area (Å²) in [5.41, 5.74) is 0. The quantitative estimate of drug-likeness (QED) is 0.208. The predicted molar refractivity (Wildman–Crippen MR) is 105 cm³/mol. The Morgan fingerprint density at radius 1 is 0.708 bits per heavy atom. The van der Waals surface area contributed by atoms with Crippen LogP contribution < -0.4 is 21.5 Å². The van der Waals surface area contributed by atoms with Crippen LogP contribution in [0.5, 0.6) is 0 Å². The molecule has 0 saturated heterocycles. The molecule has 0 radical (unpaired) electrons.